The Balaban J connectivity index is 2.08. The summed E-state index contributed by atoms with van der Waals surface area (Å²) in [5.41, 5.74) is 0.912. The van der Waals surface area contributed by atoms with Crippen molar-refractivity contribution in [3.63, 3.8) is 0 Å². The van der Waals surface area contributed by atoms with Crippen molar-refractivity contribution in [2.45, 2.75) is 39.5 Å². The van der Waals surface area contributed by atoms with E-state index >= 15 is 0 Å². The van der Waals surface area contributed by atoms with E-state index in [9.17, 15) is 5.11 Å². The second-order valence-electron chi connectivity index (χ2n) is 5.22. The van der Waals surface area contributed by atoms with Crippen LogP contribution in [0.5, 0.6) is 0 Å². The maximum Gasteiger partial charge on any atom is 0.142 e. The third-order valence-corrected chi connectivity index (χ3v) is 4.03. The van der Waals surface area contributed by atoms with Crippen molar-refractivity contribution in [1.29, 1.82) is 0 Å². The highest BCUT2D eigenvalue weighted by Gasteiger charge is 2.14. The molecule has 0 fully saturated rings. The second-order valence-corrected chi connectivity index (χ2v) is 6.33. The van der Waals surface area contributed by atoms with Gasteiger partial charge in [-0.1, -0.05) is 6.07 Å². The van der Waals surface area contributed by atoms with E-state index in [4.69, 9.17) is 0 Å². The number of nitrogens with zero attached hydrogens (tertiary/aromatic N) is 3. The highest BCUT2D eigenvalue weighted by molar-refractivity contribution is 7.14. The van der Waals surface area contributed by atoms with Gasteiger partial charge in [0.2, 0.25) is 0 Å². The van der Waals surface area contributed by atoms with Crippen LogP contribution < -0.4 is 0 Å². The molecule has 20 heavy (non-hydrogen) atoms. The van der Waals surface area contributed by atoms with Crippen molar-refractivity contribution < 1.29 is 5.11 Å². The number of pyridine rings is 1. The molecule has 1 N–H and O–H groups in total. The summed E-state index contributed by atoms with van der Waals surface area (Å²) in [5.74, 6) is 0. The molecule has 5 heteroatoms. The summed E-state index contributed by atoms with van der Waals surface area (Å²) in [5, 5.41) is 10.5. The third kappa shape index (κ3) is 4.10. The number of aromatic nitrogens is 2. The Morgan fingerprint density at radius 3 is 2.65 bits per heavy atom. The monoisotopic (exact) mass is 291 g/mol. The predicted octanol–water partition coefficient (Wildman–Crippen LogP) is 2.80. The van der Waals surface area contributed by atoms with Gasteiger partial charge in [0.25, 0.3) is 0 Å². The van der Waals surface area contributed by atoms with Gasteiger partial charge in [0.1, 0.15) is 5.01 Å². The molecule has 2 heterocycles. The predicted molar refractivity (Wildman–Crippen MR) is 82.6 cm³/mol. The van der Waals surface area contributed by atoms with Crippen molar-refractivity contribution in [2.24, 2.45) is 0 Å². The highest BCUT2D eigenvalue weighted by Crippen LogP contribution is 2.24. The Morgan fingerprint density at radius 1 is 1.25 bits per heavy atom. The lowest BCUT2D eigenvalue weighted by atomic mass is 10.2. The first-order valence-corrected chi connectivity index (χ1v) is 7.66. The zero-order chi connectivity index (χ0) is 14.5. The maximum absolute atomic E-state index is 9.57. The van der Waals surface area contributed by atoms with Gasteiger partial charge in [-0.2, -0.15) is 0 Å². The SMILES string of the molecule is CC(O)CN(Cc1cnc(-c2ccccn2)s1)C(C)C. The van der Waals surface area contributed by atoms with Crippen LogP contribution in [0.2, 0.25) is 0 Å². The number of hydrogen-bond donors (Lipinski definition) is 1. The topological polar surface area (TPSA) is 49.2 Å². The zero-order valence-electron chi connectivity index (χ0n) is 12.2. The van der Waals surface area contributed by atoms with Crippen molar-refractivity contribution >= 4 is 11.3 Å². The Morgan fingerprint density at radius 2 is 2.05 bits per heavy atom. The average molecular weight is 291 g/mol. The van der Waals surface area contributed by atoms with Crippen LogP contribution >= 0.6 is 11.3 Å². The summed E-state index contributed by atoms with van der Waals surface area (Å²) in [4.78, 5) is 12.2. The summed E-state index contributed by atoms with van der Waals surface area (Å²) in [6.07, 6.45) is 3.37. The number of rotatable bonds is 6. The van der Waals surface area contributed by atoms with Crippen molar-refractivity contribution in [2.75, 3.05) is 6.54 Å². The van der Waals surface area contributed by atoms with E-state index in [1.807, 2.05) is 31.3 Å². The molecule has 0 radical (unpaired) electrons. The fraction of sp³-hybridized carbons (Fsp3) is 0.467. The van der Waals surface area contributed by atoms with E-state index in [2.05, 4.69) is 28.7 Å². The minimum absolute atomic E-state index is 0.319. The molecule has 1 atom stereocenters. The molecule has 108 valence electrons. The lowest BCUT2D eigenvalue weighted by molar-refractivity contribution is 0.103. The molecule has 0 spiro atoms. The van der Waals surface area contributed by atoms with Gasteiger partial charge in [-0.25, -0.2) is 4.98 Å². The fourth-order valence-corrected chi connectivity index (χ4v) is 2.90. The van der Waals surface area contributed by atoms with E-state index in [0.29, 0.717) is 12.6 Å². The van der Waals surface area contributed by atoms with Crippen LogP contribution in [0.15, 0.2) is 30.6 Å². The number of aliphatic hydroxyl groups excluding tert-OH is 1. The first-order valence-electron chi connectivity index (χ1n) is 6.84. The second kappa shape index (κ2) is 6.92. The Kier molecular flexibility index (Phi) is 5.23. The largest absolute Gasteiger partial charge is 0.392 e. The molecule has 0 saturated heterocycles. The lowest BCUT2D eigenvalue weighted by Gasteiger charge is -2.26. The minimum atomic E-state index is -0.319. The number of thiazole rings is 1. The van der Waals surface area contributed by atoms with Gasteiger partial charge in [0, 0.05) is 36.4 Å². The Labute approximate surface area is 124 Å². The summed E-state index contributed by atoms with van der Waals surface area (Å²) in [7, 11) is 0. The van der Waals surface area contributed by atoms with Crippen LogP contribution in [0.3, 0.4) is 0 Å². The van der Waals surface area contributed by atoms with Crippen molar-refractivity contribution in [3.05, 3.63) is 35.5 Å². The van der Waals surface area contributed by atoms with Gasteiger partial charge in [0.15, 0.2) is 0 Å². The molecular weight excluding hydrogens is 270 g/mol. The molecule has 0 aromatic carbocycles. The van der Waals surface area contributed by atoms with Gasteiger partial charge in [-0.15, -0.1) is 11.3 Å². The molecule has 0 amide bonds. The van der Waals surface area contributed by atoms with Crippen LogP contribution in [0.1, 0.15) is 25.6 Å². The zero-order valence-corrected chi connectivity index (χ0v) is 13.0. The van der Waals surface area contributed by atoms with Crippen molar-refractivity contribution in [3.8, 4) is 10.7 Å². The smallest absolute Gasteiger partial charge is 0.142 e. The van der Waals surface area contributed by atoms with E-state index in [0.717, 1.165) is 17.2 Å². The molecule has 2 rings (SSSR count). The summed E-state index contributed by atoms with van der Waals surface area (Å²) in [6.45, 7) is 7.59. The third-order valence-electron chi connectivity index (χ3n) is 3.03. The Bertz CT molecular complexity index is 525. The van der Waals surface area contributed by atoms with Crippen molar-refractivity contribution in [1.82, 2.24) is 14.9 Å². The molecule has 0 aliphatic heterocycles. The number of aliphatic hydroxyl groups is 1. The molecule has 0 aliphatic rings. The molecule has 4 nitrogen and oxygen atoms in total. The van der Waals surface area contributed by atoms with E-state index in [1.54, 1.807) is 17.5 Å². The van der Waals surface area contributed by atoms with Crippen LogP contribution in [0.4, 0.5) is 0 Å². The van der Waals surface area contributed by atoms with Gasteiger partial charge in [-0.05, 0) is 32.9 Å². The van der Waals surface area contributed by atoms with Gasteiger partial charge < -0.3 is 5.11 Å². The first kappa shape index (κ1) is 15.1. The summed E-state index contributed by atoms with van der Waals surface area (Å²) < 4.78 is 0. The quantitative estimate of drug-likeness (QED) is 0.889. The standard InChI is InChI=1S/C15H21N3OS/c1-11(2)18(9-12(3)19)10-13-8-17-15(20-13)14-6-4-5-7-16-14/h4-8,11-12,19H,9-10H2,1-3H3. The van der Waals surface area contributed by atoms with Crippen LogP contribution in [-0.4, -0.2) is 38.7 Å². The lowest BCUT2D eigenvalue weighted by Crippen LogP contribution is -2.35. The van der Waals surface area contributed by atoms with E-state index in [-0.39, 0.29) is 6.10 Å². The van der Waals surface area contributed by atoms with E-state index < -0.39 is 0 Å². The van der Waals surface area contributed by atoms with Crippen LogP contribution in [-0.2, 0) is 6.54 Å². The molecule has 2 aromatic heterocycles. The molecule has 2 aromatic rings. The molecule has 1 unspecified atom stereocenters. The normalized spacial score (nSPS) is 13.1. The molecule has 0 saturated carbocycles. The van der Waals surface area contributed by atoms with E-state index in [1.165, 1.54) is 4.88 Å². The van der Waals surface area contributed by atoms with Crippen LogP contribution in [0, 0.1) is 0 Å². The maximum atomic E-state index is 9.57. The minimum Gasteiger partial charge on any atom is -0.392 e. The highest BCUT2D eigenvalue weighted by atomic mass is 32.1. The molecular formula is C15H21N3OS. The molecule has 0 bridgehead atoms. The van der Waals surface area contributed by atoms with Crippen LogP contribution in [0.25, 0.3) is 10.7 Å². The molecule has 0 aliphatic carbocycles. The van der Waals surface area contributed by atoms with Gasteiger partial charge in [0.05, 0.1) is 11.8 Å². The van der Waals surface area contributed by atoms with Gasteiger partial charge in [-0.3, -0.25) is 9.88 Å². The summed E-state index contributed by atoms with van der Waals surface area (Å²) >= 11 is 1.66. The first-order chi connectivity index (χ1) is 9.56. The average Bonchev–Trinajstić information content (AvgIpc) is 2.87. The fourth-order valence-electron chi connectivity index (χ4n) is 1.99. The number of hydrogen-bond acceptors (Lipinski definition) is 5. The van der Waals surface area contributed by atoms with Gasteiger partial charge >= 0.3 is 0 Å². The Hall–Kier alpha value is -1.30. The summed E-state index contributed by atoms with van der Waals surface area (Å²) in [6, 6.07) is 6.24.